The molecule has 0 bridgehead atoms. The zero-order valence-corrected chi connectivity index (χ0v) is 13.0. The zero-order chi connectivity index (χ0) is 16.2. The number of carbonyl (C=O) groups excluding carboxylic acids is 1. The monoisotopic (exact) mass is 298 g/mol. The number of ether oxygens (including phenoxy) is 1. The molecule has 1 amide bonds. The van der Waals surface area contributed by atoms with E-state index in [1.807, 2.05) is 13.8 Å². The molecule has 21 heavy (non-hydrogen) atoms. The van der Waals surface area contributed by atoms with Crippen LogP contribution in [0.1, 0.15) is 63.5 Å². The molecule has 7 nitrogen and oxygen atoms in total. The molecule has 0 fully saturated rings. The molecule has 0 aliphatic rings. The fourth-order valence-electron chi connectivity index (χ4n) is 1.69. The van der Waals surface area contributed by atoms with Crippen LogP contribution in [0, 0.1) is 5.92 Å². The number of carboxylic acid groups (broad SMARTS) is 1. The number of carboxylic acids is 1. The molecule has 0 spiro atoms. The van der Waals surface area contributed by atoms with E-state index in [9.17, 15) is 9.59 Å². The molecule has 2 N–H and O–H groups in total. The van der Waals surface area contributed by atoms with Crippen LogP contribution in [0.25, 0.3) is 0 Å². The molecule has 0 saturated carbocycles. The van der Waals surface area contributed by atoms with Crippen molar-refractivity contribution in [3.63, 3.8) is 0 Å². The SMILES string of the molecule is CC(C)CC(NC(=O)OC(C)(C)C)c1nc(C(=O)O)co1. The summed E-state index contributed by atoms with van der Waals surface area (Å²) in [6.07, 6.45) is 1.02. The lowest BCUT2D eigenvalue weighted by Gasteiger charge is -2.23. The number of rotatable bonds is 5. The molecule has 1 rings (SSSR count). The van der Waals surface area contributed by atoms with E-state index in [0.29, 0.717) is 6.42 Å². The van der Waals surface area contributed by atoms with Gasteiger partial charge in [0, 0.05) is 0 Å². The second-order valence-corrected chi connectivity index (χ2v) is 6.20. The van der Waals surface area contributed by atoms with E-state index >= 15 is 0 Å². The summed E-state index contributed by atoms with van der Waals surface area (Å²) in [6.45, 7) is 9.24. The van der Waals surface area contributed by atoms with Gasteiger partial charge in [-0.05, 0) is 33.1 Å². The number of hydrogen-bond donors (Lipinski definition) is 2. The number of nitrogens with zero attached hydrogens (tertiary/aromatic N) is 1. The van der Waals surface area contributed by atoms with Gasteiger partial charge in [-0.3, -0.25) is 0 Å². The van der Waals surface area contributed by atoms with Gasteiger partial charge in [0.05, 0.1) is 0 Å². The van der Waals surface area contributed by atoms with Crippen LogP contribution in [-0.4, -0.2) is 27.8 Å². The number of carbonyl (C=O) groups is 2. The Morgan fingerprint density at radius 1 is 1.43 bits per heavy atom. The van der Waals surface area contributed by atoms with Crippen LogP contribution in [0.15, 0.2) is 10.7 Å². The predicted octanol–water partition coefficient (Wildman–Crippen LogP) is 2.98. The summed E-state index contributed by atoms with van der Waals surface area (Å²) in [5, 5.41) is 11.5. The maximum absolute atomic E-state index is 11.8. The van der Waals surface area contributed by atoms with Gasteiger partial charge in [0.1, 0.15) is 17.9 Å². The Balaban J connectivity index is 2.84. The van der Waals surface area contributed by atoms with Crippen molar-refractivity contribution in [1.29, 1.82) is 0 Å². The Morgan fingerprint density at radius 2 is 2.05 bits per heavy atom. The van der Waals surface area contributed by atoms with Crippen molar-refractivity contribution in [2.75, 3.05) is 0 Å². The van der Waals surface area contributed by atoms with E-state index in [0.717, 1.165) is 6.26 Å². The van der Waals surface area contributed by atoms with Crippen molar-refractivity contribution < 1.29 is 23.8 Å². The quantitative estimate of drug-likeness (QED) is 0.866. The molecule has 0 radical (unpaired) electrons. The van der Waals surface area contributed by atoms with Crippen molar-refractivity contribution in [3.8, 4) is 0 Å². The van der Waals surface area contributed by atoms with Gasteiger partial charge in [0.15, 0.2) is 5.69 Å². The molecule has 0 saturated heterocycles. The Morgan fingerprint density at radius 3 is 2.48 bits per heavy atom. The Hall–Kier alpha value is -2.05. The Kier molecular flexibility index (Phi) is 5.34. The van der Waals surface area contributed by atoms with Crippen molar-refractivity contribution in [1.82, 2.24) is 10.3 Å². The summed E-state index contributed by atoms with van der Waals surface area (Å²) >= 11 is 0. The number of amides is 1. The first-order chi connectivity index (χ1) is 9.58. The first-order valence-electron chi connectivity index (χ1n) is 6.76. The number of hydrogen-bond acceptors (Lipinski definition) is 5. The van der Waals surface area contributed by atoms with E-state index in [1.165, 1.54) is 0 Å². The standard InChI is InChI=1S/C14H22N2O5/c1-8(2)6-9(16-13(19)21-14(3,4)5)11-15-10(7-20-11)12(17)18/h7-9H,6H2,1-5H3,(H,16,19)(H,17,18). The summed E-state index contributed by atoms with van der Waals surface area (Å²) in [5.41, 5.74) is -0.806. The number of aromatic nitrogens is 1. The van der Waals surface area contributed by atoms with E-state index < -0.39 is 23.7 Å². The van der Waals surface area contributed by atoms with Crippen LogP contribution in [0.4, 0.5) is 4.79 Å². The van der Waals surface area contributed by atoms with Crippen molar-refractivity contribution >= 4 is 12.1 Å². The molecule has 118 valence electrons. The third kappa shape index (κ3) is 5.85. The molecule has 1 atom stereocenters. The van der Waals surface area contributed by atoms with Crippen LogP contribution < -0.4 is 5.32 Å². The zero-order valence-electron chi connectivity index (χ0n) is 13.0. The van der Waals surface area contributed by atoms with Gasteiger partial charge in [0.25, 0.3) is 0 Å². The average molecular weight is 298 g/mol. The molecule has 0 aromatic carbocycles. The number of alkyl carbamates (subject to hydrolysis) is 1. The van der Waals surface area contributed by atoms with Gasteiger partial charge < -0.3 is 19.6 Å². The minimum Gasteiger partial charge on any atom is -0.476 e. The van der Waals surface area contributed by atoms with Crippen LogP contribution in [0.5, 0.6) is 0 Å². The van der Waals surface area contributed by atoms with Crippen LogP contribution in [0.3, 0.4) is 0 Å². The van der Waals surface area contributed by atoms with E-state index in [2.05, 4.69) is 10.3 Å². The minimum atomic E-state index is -1.18. The van der Waals surface area contributed by atoms with Gasteiger partial charge in [-0.1, -0.05) is 13.8 Å². The van der Waals surface area contributed by atoms with E-state index in [-0.39, 0.29) is 17.5 Å². The molecule has 1 aromatic heterocycles. The normalized spacial score (nSPS) is 13.0. The second kappa shape index (κ2) is 6.60. The fourth-order valence-corrected chi connectivity index (χ4v) is 1.69. The van der Waals surface area contributed by atoms with Crippen LogP contribution in [0.2, 0.25) is 0 Å². The minimum absolute atomic E-state index is 0.159. The molecular weight excluding hydrogens is 276 g/mol. The summed E-state index contributed by atoms with van der Waals surface area (Å²) in [4.78, 5) is 26.6. The molecule has 1 unspecified atom stereocenters. The fraction of sp³-hybridized carbons (Fsp3) is 0.643. The maximum Gasteiger partial charge on any atom is 0.408 e. The highest BCUT2D eigenvalue weighted by Gasteiger charge is 2.25. The van der Waals surface area contributed by atoms with Crippen LogP contribution in [-0.2, 0) is 4.74 Å². The molecule has 7 heteroatoms. The van der Waals surface area contributed by atoms with E-state index in [1.54, 1.807) is 20.8 Å². The predicted molar refractivity (Wildman–Crippen MR) is 75.0 cm³/mol. The largest absolute Gasteiger partial charge is 0.476 e. The highest BCUT2D eigenvalue weighted by Crippen LogP contribution is 2.21. The first kappa shape index (κ1) is 17.0. The summed E-state index contributed by atoms with van der Waals surface area (Å²) < 4.78 is 10.3. The van der Waals surface area contributed by atoms with Gasteiger partial charge in [0.2, 0.25) is 5.89 Å². The van der Waals surface area contributed by atoms with E-state index in [4.69, 9.17) is 14.3 Å². The lowest BCUT2D eigenvalue weighted by Crippen LogP contribution is -2.35. The lowest BCUT2D eigenvalue weighted by atomic mass is 10.0. The molecule has 0 aliphatic heterocycles. The van der Waals surface area contributed by atoms with Crippen LogP contribution >= 0.6 is 0 Å². The number of oxazole rings is 1. The average Bonchev–Trinajstić information content (AvgIpc) is 2.73. The Labute approximate surface area is 123 Å². The van der Waals surface area contributed by atoms with Gasteiger partial charge >= 0.3 is 12.1 Å². The number of nitrogens with one attached hydrogen (secondary N) is 1. The first-order valence-corrected chi connectivity index (χ1v) is 6.76. The van der Waals surface area contributed by atoms with Crippen molar-refractivity contribution in [2.45, 2.75) is 52.7 Å². The maximum atomic E-state index is 11.8. The number of aromatic carboxylic acids is 1. The highest BCUT2D eigenvalue weighted by atomic mass is 16.6. The van der Waals surface area contributed by atoms with Crippen molar-refractivity contribution in [2.24, 2.45) is 5.92 Å². The Bertz CT molecular complexity index is 502. The molecular formula is C14H22N2O5. The van der Waals surface area contributed by atoms with Gasteiger partial charge in [-0.15, -0.1) is 0 Å². The lowest BCUT2D eigenvalue weighted by molar-refractivity contribution is 0.0488. The third-order valence-electron chi connectivity index (χ3n) is 2.44. The second-order valence-electron chi connectivity index (χ2n) is 6.20. The summed E-state index contributed by atoms with van der Waals surface area (Å²) in [5.74, 6) is -0.761. The molecule has 1 aromatic rings. The third-order valence-corrected chi connectivity index (χ3v) is 2.44. The smallest absolute Gasteiger partial charge is 0.408 e. The topological polar surface area (TPSA) is 102 Å². The van der Waals surface area contributed by atoms with Crippen molar-refractivity contribution in [3.05, 3.63) is 17.8 Å². The molecule has 1 heterocycles. The summed E-state index contributed by atoms with van der Waals surface area (Å²) in [6, 6.07) is -0.534. The van der Waals surface area contributed by atoms with Gasteiger partial charge in [-0.25, -0.2) is 14.6 Å². The molecule has 0 aliphatic carbocycles. The summed E-state index contributed by atoms with van der Waals surface area (Å²) in [7, 11) is 0. The highest BCUT2D eigenvalue weighted by molar-refractivity contribution is 5.84. The van der Waals surface area contributed by atoms with Gasteiger partial charge in [-0.2, -0.15) is 0 Å².